The molecule has 2 aliphatic rings. The number of hydrogen-bond donors (Lipinski definition) is 2. The normalized spacial score (nSPS) is 19.1. The number of benzene rings is 1. The molecule has 0 amide bonds. The van der Waals surface area contributed by atoms with Gasteiger partial charge in [-0.25, -0.2) is 19.3 Å². The van der Waals surface area contributed by atoms with Crippen LogP contribution in [0.4, 0.5) is 11.6 Å². The average Bonchev–Trinajstić information content (AvgIpc) is 3.48. The average molecular weight is 572 g/mol. The molecule has 0 saturated carbocycles. The zero-order valence-corrected chi connectivity index (χ0v) is 24.3. The third-order valence-electron chi connectivity index (χ3n) is 8.37. The molecule has 0 unspecified atom stereocenters. The number of allylic oxidation sites excluding steroid dienone is 1. The summed E-state index contributed by atoms with van der Waals surface area (Å²) in [6, 6.07) is 9.47. The van der Waals surface area contributed by atoms with Gasteiger partial charge in [-0.05, 0) is 62.9 Å². The molecule has 1 aliphatic carbocycles. The lowest BCUT2D eigenvalue weighted by molar-refractivity contribution is 0.0306. The SMILES string of the molecule is C=CCn1c(=O)c2cnc(Nc3ccc(OC4CCN(C)CC4)c(OC)c3)nc2n1-c1ccc2c(n1)[C@@](O)(CC)CC2. The topological polar surface area (TPSA) is 120 Å². The molecule has 42 heavy (non-hydrogen) atoms. The van der Waals surface area contributed by atoms with E-state index in [2.05, 4.69) is 28.8 Å². The Kier molecular flexibility index (Phi) is 7.46. The number of nitrogens with one attached hydrogen (secondary N) is 1. The van der Waals surface area contributed by atoms with Crippen LogP contribution in [0.1, 0.15) is 43.9 Å². The fourth-order valence-corrected chi connectivity index (χ4v) is 5.87. The van der Waals surface area contributed by atoms with Crippen LogP contribution in [0.5, 0.6) is 11.5 Å². The molecule has 11 nitrogen and oxygen atoms in total. The first kappa shape index (κ1) is 27.9. The zero-order chi connectivity index (χ0) is 29.4. The largest absolute Gasteiger partial charge is 0.493 e. The number of anilines is 2. The number of piperidine rings is 1. The van der Waals surface area contributed by atoms with Crippen molar-refractivity contribution in [3.63, 3.8) is 0 Å². The van der Waals surface area contributed by atoms with Gasteiger partial charge < -0.3 is 24.8 Å². The van der Waals surface area contributed by atoms with Crippen LogP contribution in [0, 0.1) is 0 Å². The van der Waals surface area contributed by atoms with Crippen LogP contribution in [0.3, 0.4) is 0 Å². The highest BCUT2D eigenvalue weighted by molar-refractivity contribution is 5.77. The minimum Gasteiger partial charge on any atom is -0.493 e. The summed E-state index contributed by atoms with van der Waals surface area (Å²) in [6.45, 7) is 8.05. The number of hydrogen-bond acceptors (Lipinski definition) is 9. The summed E-state index contributed by atoms with van der Waals surface area (Å²) in [4.78, 5) is 29.7. The van der Waals surface area contributed by atoms with Gasteiger partial charge in [-0.3, -0.25) is 4.79 Å². The molecule has 11 heteroatoms. The highest BCUT2D eigenvalue weighted by Crippen LogP contribution is 2.38. The summed E-state index contributed by atoms with van der Waals surface area (Å²) in [6.07, 6.45) is 7.22. The van der Waals surface area contributed by atoms with Gasteiger partial charge in [-0.2, -0.15) is 4.98 Å². The first-order chi connectivity index (χ1) is 20.3. The van der Waals surface area contributed by atoms with Crippen molar-refractivity contribution in [3.05, 3.63) is 70.8 Å². The molecular weight excluding hydrogens is 534 g/mol. The van der Waals surface area contributed by atoms with Crippen LogP contribution < -0.4 is 20.3 Å². The number of aromatic nitrogens is 5. The molecule has 1 saturated heterocycles. The lowest BCUT2D eigenvalue weighted by Crippen LogP contribution is -2.35. The number of fused-ring (bicyclic) bond motifs is 2. The zero-order valence-electron chi connectivity index (χ0n) is 24.3. The Balaban J connectivity index is 1.35. The number of rotatable bonds is 9. The Hall–Kier alpha value is -4.22. The maximum Gasteiger partial charge on any atom is 0.278 e. The van der Waals surface area contributed by atoms with Crippen molar-refractivity contribution in [2.75, 3.05) is 32.6 Å². The van der Waals surface area contributed by atoms with Crippen LogP contribution in [-0.4, -0.2) is 67.7 Å². The molecular formula is C31H37N7O4. The van der Waals surface area contributed by atoms with Crippen LogP contribution in [-0.2, 0) is 18.6 Å². The molecule has 0 bridgehead atoms. The van der Waals surface area contributed by atoms with E-state index >= 15 is 0 Å². The molecule has 6 rings (SSSR count). The van der Waals surface area contributed by atoms with E-state index in [1.165, 1.54) is 10.9 Å². The lowest BCUT2D eigenvalue weighted by Gasteiger charge is -2.29. The smallest absolute Gasteiger partial charge is 0.278 e. The predicted molar refractivity (Wildman–Crippen MR) is 161 cm³/mol. The van der Waals surface area contributed by atoms with Crippen LogP contribution >= 0.6 is 0 Å². The Morgan fingerprint density at radius 3 is 2.74 bits per heavy atom. The maximum absolute atomic E-state index is 13.4. The van der Waals surface area contributed by atoms with E-state index in [0.29, 0.717) is 58.5 Å². The minimum absolute atomic E-state index is 0.150. The van der Waals surface area contributed by atoms with Gasteiger partial charge in [0.2, 0.25) is 5.95 Å². The van der Waals surface area contributed by atoms with Crippen molar-refractivity contribution in [2.24, 2.45) is 0 Å². The quantitative estimate of drug-likeness (QED) is 0.288. The molecule has 2 N–H and O–H groups in total. The number of aliphatic hydroxyl groups is 1. The van der Waals surface area contributed by atoms with Crippen molar-refractivity contribution in [1.82, 2.24) is 29.2 Å². The van der Waals surface area contributed by atoms with Crippen molar-refractivity contribution in [3.8, 4) is 17.3 Å². The number of nitrogens with zero attached hydrogens (tertiary/aromatic N) is 6. The second kappa shape index (κ2) is 11.2. The van der Waals surface area contributed by atoms with E-state index in [4.69, 9.17) is 19.4 Å². The fraction of sp³-hybridized carbons (Fsp3) is 0.419. The van der Waals surface area contributed by atoms with E-state index in [1.54, 1.807) is 17.9 Å². The van der Waals surface area contributed by atoms with E-state index in [9.17, 15) is 9.90 Å². The van der Waals surface area contributed by atoms with Gasteiger partial charge >= 0.3 is 0 Å². The van der Waals surface area contributed by atoms with Crippen LogP contribution in [0.25, 0.3) is 16.9 Å². The number of aryl methyl sites for hydroxylation is 1. The molecule has 1 aromatic carbocycles. The predicted octanol–water partition coefficient (Wildman–Crippen LogP) is 3.93. The summed E-state index contributed by atoms with van der Waals surface area (Å²) < 4.78 is 15.1. The number of ether oxygens (including phenoxy) is 2. The molecule has 1 aliphatic heterocycles. The second-order valence-electron chi connectivity index (χ2n) is 11.1. The molecule has 1 atom stereocenters. The fourth-order valence-electron chi connectivity index (χ4n) is 5.87. The Morgan fingerprint density at radius 1 is 1.19 bits per heavy atom. The highest BCUT2D eigenvalue weighted by atomic mass is 16.5. The first-order valence-electron chi connectivity index (χ1n) is 14.5. The van der Waals surface area contributed by atoms with Gasteiger partial charge in [0, 0.05) is 31.0 Å². The Labute approximate surface area is 244 Å². The monoisotopic (exact) mass is 571 g/mol. The van der Waals surface area contributed by atoms with Crippen molar-refractivity contribution >= 4 is 22.7 Å². The van der Waals surface area contributed by atoms with E-state index < -0.39 is 5.60 Å². The van der Waals surface area contributed by atoms with Crippen LogP contribution in [0.15, 0.2) is 54.0 Å². The van der Waals surface area contributed by atoms with Gasteiger partial charge in [-0.1, -0.05) is 19.1 Å². The number of pyridine rings is 1. The molecule has 3 aromatic heterocycles. The lowest BCUT2D eigenvalue weighted by atomic mass is 9.98. The summed E-state index contributed by atoms with van der Waals surface area (Å²) in [5, 5.41) is 14.8. The van der Waals surface area contributed by atoms with Gasteiger partial charge in [0.25, 0.3) is 5.56 Å². The van der Waals surface area contributed by atoms with E-state index in [-0.39, 0.29) is 18.2 Å². The minimum atomic E-state index is -0.984. The molecule has 1 fully saturated rings. The van der Waals surface area contributed by atoms with Crippen molar-refractivity contribution < 1.29 is 14.6 Å². The van der Waals surface area contributed by atoms with Crippen LogP contribution in [0.2, 0.25) is 0 Å². The summed E-state index contributed by atoms with van der Waals surface area (Å²) >= 11 is 0. The second-order valence-corrected chi connectivity index (χ2v) is 11.1. The van der Waals surface area contributed by atoms with Gasteiger partial charge in [0.15, 0.2) is 23.0 Å². The van der Waals surface area contributed by atoms with Gasteiger partial charge in [-0.15, -0.1) is 6.58 Å². The number of methoxy groups -OCH3 is 1. The molecule has 0 radical (unpaired) electrons. The molecule has 0 spiro atoms. The van der Waals surface area contributed by atoms with Gasteiger partial charge in [0.1, 0.15) is 17.1 Å². The summed E-state index contributed by atoms with van der Waals surface area (Å²) in [5.74, 6) is 2.11. The van der Waals surface area contributed by atoms with Gasteiger partial charge in [0.05, 0.1) is 19.3 Å². The Morgan fingerprint density at radius 2 is 2.00 bits per heavy atom. The third-order valence-corrected chi connectivity index (χ3v) is 8.37. The highest BCUT2D eigenvalue weighted by Gasteiger charge is 2.37. The molecule has 4 aromatic rings. The standard InChI is InChI=1S/C31H37N7O4/c1-5-15-37-29(39)23-19-32-30(33-21-8-9-24(25(18-21)41-4)42-22-12-16-36(3)17-13-22)35-28(23)38(37)26-10-7-20-11-14-31(40,6-2)27(20)34-26/h5,7-10,18-19,22,40H,1,6,11-17H2,2-4H3,(H,32,33,35)/t31-/m1/s1. The number of likely N-dealkylation sites (tertiary alicyclic amines) is 1. The molecule has 4 heterocycles. The van der Waals surface area contributed by atoms with E-state index in [0.717, 1.165) is 37.9 Å². The maximum atomic E-state index is 13.4. The Bertz CT molecular complexity index is 1690. The van der Waals surface area contributed by atoms with E-state index in [1.807, 2.05) is 37.3 Å². The first-order valence-corrected chi connectivity index (χ1v) is 14.5. The summed E-state index contributed by atoms with van der Waals surface area (Å²) in [5.41, 5.74) is 1.56. The summed E-state index contributed by atoms with van der Waals surface area (Å²) in [7, 11) is 3.74. The third kappa shape index (κ3) is 5.03. The molecule has 220 valence electrons. The van der Waals surface area contributed by atoms with Crippen molar-refractivity contribution in [1.29, 1.82) is 0 Å². The van der Waals surface area contributed by atoms with Crippen molar-refractivity contribution in [2.45, 2.75) is 57.3 Å².